The summed E-state index contributed by atoms with van der Waals surface area (Å²) >= 11 is 6.70. The standard InChI is InChI=1S/C17H18Br2N2O3S/c1-24-16-5-3-2-4-15(16)20-8-10-21(11-9-20)25(22,23)17-7-6-13(18)12-14(17)19/h2-7,12H,8-11H2,1H3. The van der Waals surface area contributed by atoms with Gasteiger partial charge in [0.2, 0.25) is 10.0 Å². The van der Waals surface area contributed by atoms with Crippen molar-refractivity contribution in [2.75, 3.05) is 38.2 Å². The molecule has 0 bridgehead atoms. The van der Waals surface area contributed by atoms with Gasteiger partial charge in [0.25, 0.3) is 0 Å². The van der Waals surface area contributed by atoms with E-state index in [0.717, 1.165) is 15.9 Å². The number of sulfonamides is 1. The molecule has 0 N–H and O–H groups in total. The molecular weight excluding hydrogens is 472 g/mol. The van der Waals surface area contributed by atoms with Crippen molar-refractivity contribution in [2.24, 2.45) is 0 Å². The lowest BCUT2D eigenvalue weighted by Gasteiger charge is -2.36. The zero-order valence-electron chi connectivity index (χ0n) is 13.7. The molecule has 1 fully saturated rings. The van der Waals surface area contributed by atoms with Crippen LogP contribution in [0.2, 0.25) is 0 Å². The van der Waals surface area contributed by atoms with Crippen molar-refractivity contribution in [2.45, 2.75) is 4.90 Å². The predicted molar refractivity (Wildman–Crippen MR) is 106 cm³/mol. The zero-order valence-corrected chi connectivity index (χ0v) is 17.6. The van der Waals surface area contributed by atoms with Gasteiger partial charge in [-0.2, -0.15) is 4.31 Å². The first-order valence-electron chi connectivity index (χ1n) is 7.76. The molecule has 0 atom stereocenters. The molecule has 0 spiro atoms. The van der Waals surface area contributed by atoms with Gasteiger partial charge in [0.1, 0.15) is 5.75 Å². The second-order valence-corrected chi connectivity index (χ2v) is 9.31. The Balaban J connectivity index is 1.77. The largest absolute Gasteiger partial charge is 0.495 e. The molecule has 0 aliphatic carbocycles. The maximum atomic E-state index is 12.9. The quantitative estimate of drug-likeness (QED) is 0.656. The number of nitrogens with zero attached hydrogens (tertiary/aromatic N) is 2. The van der Waals surface area contributed by atoms with E-state index in [9.17, 15) is 8.42 Å². The lowest BCUT2D eigenvalue weighted by Crippen LogP contribution is -2.48. The minimum Gasteiger partial charge on any atom is -0.495 e. The molecule has 0 aromatic heterocycles. The van der Waals surface area contributed by atoms with E-state index < -0.39 is 10.0 Å². The third-order valence-corrected chi connectivity index (χ3v) is 7.54. The van der Waals surface area contributed by atoms with Crippen LogP contribution in [0, 0.1) is 0 Å². The molecule has 1 saturated heterocycles. The van der Waals surface area contributed by atoms with E-state index in [1.807, 2.05) is 24.3 Å². The number of benzene rings is 2. The fourth-order valence-corrected chi connectivity index (χ4v) is 6.01. The van der Waals surface area contributed by atoms with Gasteiger partial charge in [-0.25, -0.2) is 8.42 Å². The van der Waals surface area contributed by atoms with E-state index >= 15 is 0 Å². The van der Waals surface area contributed by atoms with Crippen molar-refractivity contribution in [3.8, 4) is 5.75 Å². The third kappa shape index (κ3) is 3.86. The summed E-state index contributed by atoms with van der Waals surface area (Å²) in [7, 11) is -1.88. The van der Waals surface area contributed by atoms with Crippen molar-refractivity contribution < 1.29 is 13.2 Å². The summed E-state index contributed by atoms with van der Waals surface area (Å²) in [6, 6.07) is 12.9. The number of halogens is 2. The molecule has 1 aliphatic rings. The van der Waals surface area contributed by atoms with Crippen LogP contribution in [-0.4, -0.2) is 46.0 Å². The van der Waals surface area contributed by atoms with Gasteiger partial charge in [-0.3, -0.25) is 0 Å². The molecule has 2 aromatic carbocycles. The first-order chi connectivity index (χ1) is 11.9. The molecule has 3 rings (SSSR count). The van der Waals surface area contributed by atoms with Gasteiger partial charge < -0.3 is 9.64 Å². The average molecular weight is 490 g/mol. The van der Waals surface area contributed by atoms with E-state index in [2.05, 4.69) is 36.8 Å². The third-order valence-electron chi connectivity index (χ3n) is 4.18. The molecule has 1 aliphatic heterocycles. The number of methoxy groups -OCH3 is 1. The highest BCUT2D eigenvalue weighted by Gasteiger charge is 2.30. The normalized spacial score (nSPS) is 16.0. The second-order valence-electron chi connectivity index (χ2n) is 5.64. The first-order valence-corrected chi connectivity index (χ1v) is 10.8. The van der Waals surface area contributed by atoms with E-state index in [1.54, 1.807) is 25.3 Å². The molecule has 1 heterocycles. The average Bonchev–Trinajstić information content (AvgIpc) is 2.61. The fraction of sp³-hybridized carbons (Fsp3) is 0.294. The molecule has 5 nitrogen and oxygen atoms in total. The molecule has 0 radical (unpaired) electrons. The van der Waals surface area contributed by atoms with Crippen LogP contribution in [0.1, 0.15) is 0 Å². The van der Waals surface area contributed by atoms with Crippen molar-refractivity contribution in [3.63, 3.8) is 0 Å². The topological polar surface area (TPSA) is 49.9 Å². The Labute approximate surface area is 164 Å². The Morgan fingerprint density at radius 2 is 1.68 bits per heavy atom. The Bertz CT molecular complexity index is 866. The highest BCUT2D eigenvalue weighted by atomic mass is 79.9. The Morgan fingerprint density at radius 3 is 2.32 bits per heavy atom. The maximum Gasteiger partial charge on any atom is 0.244 e. The van der Waals surface area contributed by atoms with Gasteiger partial charge in [0, 0.05) is 35.1 Å². The van der Waals surface area contributed by atoms with Gasteiger partial charge in [-0.1, -0.05) is 28.1 Å². The van der Waals surface area contributed by atoms with E-state index in [1.165, 1.54) is 4.31 Å². The van der Waals surface area contributed by atoms with Gasteiger partial charge in [0.05, 0.1) is 17.7 Å². The number of ether oxygens (including phenoxy) is 1. The number of rotatable bonds is 4. The van der Waals surface area contributed by atoms with Gasteiger partial charge in [-0.15, -0.1) is 0 Å². The van der Waals surface area contributed by atoms with Crippen molar-refractivity contribution >= 4 is 47.6 Å². The molecule has 8 heteroatoms. The van der Waals surface area contributed by atoms with Crippen LogP contribution in [0.3, 0.4) is 0 Å². The Morgan fingerprint density at radius 1 is 1.00 bits per heavy atom. The summed E-state index contributed by atoms with van der Waals surface area (Å²) in [6.45, 7) is 2.10. The van der Waals surface area contributed by atoms with Crippen LogP contribution in [-0.2, 0) is 10.0 Å². The van der Waals surface area contributed by atoms with Crippen LogP contribution in [0.25, 0.3) is 0 Å². The highest BCUT2D eigenvalue weighted by molar-refractivity contribution is 9.11. The number of para-hydroxylation sites is 2. The second kappa shape index (κ2) is 7.65. The molecule has 2 aromatic rings. The van der Waals surface area contributed by atoms with Gasteiger partial charge in [-0.05, 0) is 46.3 Å². The molecular formula is C17H18Br2N2O3S. The van der Waals surface area contributed by atoms with Crippen LogP contribution in [0.4, 0.5) is 5.69 Å². The van der Waals surface area contributed by atoms with Crippen molar-refractivity contribution in [3.05, 3.63) is 51.4 Å². The summed E-state index contributed by atoms with van der Waals surface area (Å²) in [5.74, 6) is 0.800. The molecule has 134 valence electrons. The summed E-state index contributed by atoms with van der Waals surface area (Å²) in [5.41, 5.74) is 0.992. The number of piperazine rings is 1. The van der Waals surface area contributed by atoms with Crippen LogP contribution < -0.4 is 9.64 Å². The minimum atomic E-state index is -3.52. The monoisotopic (exact) mass is 488 g/mol. The molecule has 0 saturated carbocycles. The maximum absolute atomic E-state index is 12.9. The predicted octanol–water partition coefficient (Wildman–Crippen LogP) is 3.73. The Hall–Kier alpha value is -1.09. The summed E-state index contributed by atoms with van der Waals surface area (Å²) in [6.07, 6.45) is 0. The Kier molecular flexibility index (Phi) is 5.72. The van der Waals surface area contributed by atoms with Crippen molar-refractivity contribution in [1.82, 2.24) is 4.31 Å². The van der Waals surface area contributed by atoms with Crippen LogP contribution in [0.5, 0.6) is 5.75 Å². The minimum absolute atomic E-state index is 0.293. The molecule has 0 unspecified atom stereocenters. The SMILES string of the molecule is COc1ccccc1N1CCN(S(=O)(=O)c2ccc(Br)cc2Br)CC1. The first kappa shape index (κ1) is 18.7. The zero-order chi connectivity index (χ0) is 18.0. The van der Waals surface area contributed by atoms with Crippen molar-refractivity contribution in [1.29, 1.82) is 0 Å². The van der Waals surface area contributed by atoms with E-state index in [0.29, 0.717) is 35.5 Å². The summed E-state index contributed by atoms with van der Waals surface area (Å²) < 4.78 is 34.2. The van der Waals surface area contributed by atoms with E-state index in [-0.39, 0.29) is 0 Å². The lowest BCUT2D eigenvalue weighted by atomic mass is 10.2. The van der Waals surface area contributed by atoms with Gasteiger partial charge in [0.15, 0.2) is 0 Å². The molecule has 0 amide bonds. The summed E-state index contributed by atoms with van der Waals surface area (Å²) in [4.78, 5) is 2.45. The van der Waals surface area contributed by atoms with Crippen LogP contribution >= 0.6 is 31.9 Å². The highest BCUT2D eigenvalue weighted by Crippen LogP contribution is 2.31. The number of anilines is 1. The smallest absolute Gasteiger partial charge is 0.244 e. The van der Waals surface area contributed by atoms with E-state index in [4.69, 9.17) is 4.74 Å². The number of hydrogen-bond donors (Lipinski definition) is 0. The lowest BCUT2D eigenvalue weighted by molar-refractivity contribution is 0.378. The number of hydrogen-bond acceptors (Lipinski definition) is 4. The summed E-state index contributed by atoms with van der Waals surface area (Å²) in [5, 5.41) is 0. The fourth-order valence-electron chi connectivity index (χ4n) is 2.88. The van der Waals surface area contributed by atoms with Gasteiger partial charge >= 0.3 is 0 Å². The van der Waals surface area contributed by atoms with Crippen LogP contribution in [0.15, 0.2) is 56.3 Å². The molecule has 25 heavy (non-hydrogen) atoms.